The number of aryl methyl sites for hydroxylation is 3. The van der Waals surface area contributed by atoms with Crippen molar-refractivity contribution in [3.63, 3.8) is 0 Å². The van der Waals surface area contributed by atoms with Crippen molar-refractivity contribution >= 4 is 101 Å². The van der Waals surface area contributed by atoms with Crippen LogP contribution in [-0.4, -0.2) is 207 Å². The summed E-state index contributed by atoms with van der Waals surface area (Å²) in [5.74, 6) is 3.92. The number of rotatable bonds is 34. The number of nitrogens with one attached hydrogen (secondary N) is 3. The Hall–Kier alpha value is -16.1. The number of carbonyl (C=O) groups is 2. The second kappa shape index (κ2) is 46.8. The van der Waals surface area contributed by atoms with Gasteiger partial charge in [0, 0.05) is 202 Å². The number of carbonyl (C=O) groups excluding carboxylic acids is 2. The van der Waals surface area contributed by atoms with Gasteiger partial charge in [-0.3, -0.25) is 48.9 Å². The molecular formula is C113H128FN23O10. The molecule has 0 saturated carbocycles. The van der Waals surface area contributed by atoms with Crippen LogP contribution in [0.4, 0.5) is 49.9 Å². The average Bonchev–Trinajstić information content (AvgIpc) is 1.77. The first kappa shape index (κ1) is 104. The largest absolute Gasteiger partial charge is 0.497 e. The van der Waals surface area contributed by atoms with Crippen molar-refractivity contribution in [2.45, 2.75) is 145 Å². The molecule has 33 nitrogen and oxygen atoms in total. The van der Waals surface area contributed by atoms with Crippen LogP contribution in [0, 0.1) is 5.82 Å². The highest BCUT2D eigenvalue weighted by Gasteiger charge is 2.36. The van der Waals surface area contributed by atoms with E-state index in [4.69, 9.17) is 62.8 Å². The van der Waals surface area contributed by atoms with E-state index in [1.54, 1.807) is 105 Å². The third-order valence-electron chi connectivity index (χ3n) is 24.5. The van der Waals surface area contributed by atoms with Crippen molar-refractivity contribution in [2.75, 3.05) is 108 Å². The van der Waals surface area contributed by atoms with Gasteiger partial charge in [0.2, 0.25) is 0 Å². The highest BCUT2D eigenvalue weighted by Crippen LogP contribution is 2.45. The second-order valence-corrected chi connectivity index (χ2v) is 38.3. The minimum Gasteiger partial charge on any atom is -0.497 e. The van der Waals surface area contributed by atoms with Gasteiger partial charge >= 0.3 is 0 Å². The number of aromatic amines is 1. The van der Waals surface area contributed by atoms with E-state index in [1.165, 1.54) is 24.1 Å². The molecule has 1 fully saturated rings. The van der Waals surface area contributed by atoms with Crippen molar-refractivity contribution in [3.05, 3.63) is 261 Å². The van der Waals surface area contributed by atoms with Crippen molar-refractivity contribution in [1.82, 2.24) is 94.9 Å². The number of imide groups is 1. The highest BCUT2D eigenvalue weighted by molar-refractivity contribution is 6.21. The average molecular weight is 1990 g/mol. The van der Waals surface area contributed by atoms with E-state index in [1.807, 2.05) is 148 Å². The molecule has 1 saturated heterocycles. The van der Waals surface area contributed by atoms with Crippen LogP contribution in [0.2, 0.25) is 0 Å². The van der Waals surface area contributed by atoms with Crippen molar-refractivity contribution in [2.24, 2.45) is 14.1 Å². The summed E-state index contributed by atoms with van der Waals surface area (Å²) in [5.41, 5.74) is 21.2. The first-order valence-electron chi connectivity index (χ1n) is 49.5. The molecule has 19 rings (SSSR count). The number of halogens is 1. The fourth-order valence-corrected chi connectivity index (χ4v) is 17.5. The number of hydrogen-bond acceptors (Lipinski definition) is 28. The normalized spacial score (nSPS) is 13.0. The summed E-state index contributed by atoms with van der Waals surface area (Å²) in [6, 6.07) is 52.0. The van der Waals surface area contributed by atoms with E-state index in [2.05, 4.69) is 183 Å². The van der Waals surface area contributed by atoms with Gasteiger partial charge < -0.3 is 68.1 Å². The summed E-state index contributed by atoms with van der Waals surface area (Å²) in [6.07, 6.45) is 26.8. The number of H-pyrrole nitrogens is 1. The Bertz CT molecular complexity index is 7400. The number of ether oxygens (including phenoxy) is 8. The third-order valence-corrected chi connectivity index (χ3v) is 24.5. The zero-order valence-corrected chi connectivity index (χ0v) is 86.8. The standard InChI is InChI=1S/C32H42N6O3.C30H40N6O2.C29H23FN6O3.C22H23N5O2/c1-22(2)33-12-13-37(25-15-26(39-6)18-27(16-25)41-32(3,4)5)24-10-11-28-29(17-24)36-30(20-34-28)23-19-35-38(21-23)31-9-7-8-14-40-31;1-9-21-14-24(38-30(4,5)6)16-28(29(21)37-8)36(13-12-31-20(2)3)23-10-11-25-26(15-23)34-27(18-32-25)22-17-33-35(7)19-22;1-34-17-18(15-32-34)27-16-31-25-8-7-20(14-26(25)33-27)35(21-11-19(30)12-22(13-21)39-2)9-10-36-28(37)23-5-3-4-6-24(23)29(36)38;1-4-9-27(21-11-17(28-2)6-8-22(21)29-3)16-5-7-18-19(10-16)26-20(14-23-18)15-12-24-25-13-15/h10-11,15-22,31,33H,7-9,12-14H2,1-6H3;10-11,14-20,31H,9,12-13H2,1-8H3;3-8,11-17H,9-10H2,1-2H3;5-8,10-14H,4,9H2,1-3H3,(H,24,25). The van der Waals surface area contributed by atoms with Crippen LogP contribution in [0.1, 0.15) is 141 Å². The molecule has 8 aromatic heterocycles. The summed E-state index contributed by atoms with van der Waals surface area (Å²) in [4.78, 5) is 73.7. The molecule has 2 amide bonds. The quantitative estimate of drug-likeness (QED) is 0.0315. The molecule has 147 heavy (non-hydrogen) atoms. The molecule has 1 atom stereocenters. The van der Waals surface area contributed by atoms with Gasteiger partial charge in [0.15, 0.2) is 0 Å². The Labute approximate surface area is 855 Å². The van der Waals surface area contributed by atoms with E-state index < -0.39 is 5.82 Å². The molecule has 3 N–H and O–H groups in total. The second-order valence-electron chi connectivity index (χ2n) is 38.3. The van der Waals surface area contributed by atoms with Gasteiger partial charge in [0.05, 0.1) is 175 Å². The molecule has 0 bridgehead atoms. The predicted octanol–water partition coefficient (Wildman–Crippen LogP) is 21.6. The lowest BCUT2D eigenvalue weighted by molar-refractivity contribution is -0.0394. The number of fused-ring (bicyclic) bond motifs is 5. The van der Waals surface area contributed by atoms with Crippen LogP contribution in [0.5, 0.6) is 40.2 Å². The van der Waals surface area contributed by atoms with E-state index >= 15 is 0 Å². The predicted molar refractivity (Wildman–Crippen MR) is 575 cm³/mol. The summed E-state index contributed by atoms with van der Waals surface area (Å²) in [5, 5.41) is 27.0. The van der Waals surface area contributed by atoms with Crippen LogP contribution in [-0.2, 0) is 25.3 Å². The zero-order valence-electron chi connectivity index (χ0n) is 86.8. The Kier molecular flexibility index (Phi) is 33.0. The van der Waals surface area contributed by atoms with Crippen molar-refractivity contribution < 1.29 is 51.9 Å². The van der Waals surface area contributed by atoms with Crippen molar-refractivity contribution in [1.29, 1.82) is 0 Å². The number of benzene rings is 9. The molecule has 17 aromatic rings. The van der Waals surface area contributed by atoms with Gasteiger partial charge in [-0.05, 0) is 188 Å². The Morgan fingerprint density at radius 3 is 1.37 bits per heavy atom. The van der Waals surface area contributed by atoms with Crippen LogP contribution in [0.25, 0.3) is 89.2 Å². The Morgan fingerprint density at radius 1 is 0.449 bits per heavy atom. The number of methoxy groups -OCH3 is 5. The highest BCUT2D eigenvalue weighted by atomic mass is 19.1. The summed E-state index contributed by atoms with van der Waals surface area (Å²) in [6.45, 7) is 30.2. The Morgan fingerprint density at radius 2 is 0.912 bits per heavy atom. The Balaban J connectivity index is 0.000000141. The molecule has 2 aliphatic heterocycles. The summed E-state index contributed by atoms with van der Waals surface area (Å²) >= 11 is 0. The fourth-order valence-electron chi connectivity index (χ4n) is 17.5. The maximum Gasteiger partial charge on any atom is 0.261 e. The molecule has 9 aromatic carbocycles. The van der Waals surface area contributed by atoms with Crippen LogP contribution in [0.15, 0.2) is 238 Å². The zero-order chi connectivity index (χ0) is 104. The van der Waals surface area contributed by atoms with Crippen LogP contribution >= 0.6 is 0 Å². The summed E-state index contributed by atoms with van der Waals surface area (Å²) in [7, 11) is 12.0. The van der Waals surface area contributed by atoms with Gasteiger partial charge in [-0.1, -0.05) is 53.7 Å². The minimum absolute atomic E-state index is 0.0134. The minimum atomic E-state index is -0.477. The number of hydrogen-bond donors (Lipinski definition) is 3. The molecule has 34 heteroatoms. The molecule has 762 valence electrons. The topological polar surface area (TPSA) is 333 Å². The SMILES string of the molecule is CCCN(c1ccc2ncc(-c3cn[nH]c3)nc2c1)c1cc(OC)ccc1OC.CCc1cc(OC(C)(C)C)cc(N(CCNC(C)C)c2ccc3ncc(-c4cnn(C)c4)nc3c2)c1OC.COc1cc(F)cc(N(CCN2C(=O)c3ccccc3C2=O)c2ccc3ncc(-c4cnn(C)c4)nc3c2)c1.COc1cc(OC(C)(C)C)cc(N(CCNC(C)C)c2ccc3ncc(-c4cnn(C5CCCCO5)c4)nc3c2)c1. The number of anilines is 8. The first-order chi connectivity index (χ1) is 70.9. The fraction of sp³-hybridized carbons (Fsp3) is 0.327. The van der Waals surface area contributed by atoms with E-state index in [0.29, 0.717) is 57.1 Å². The smallest absolute Gasteiger partial charge is 0.261 e. The molecular weight excluding hydrogens is 1860 g/mol. The maximum absolute atomic E-state index is 14.6. The van der Waals surface area contributed by atoms with E-state index in [9.17, 15) is 14.0 Å². The molecule has 2 aliphatic rings. The molecule has 0 spiro atoms. The van der Waals surface area contributed by atoms with Gasteiger partial charge in [-0.2, -0.15) is 20.4 Å². The first-order valence-corrected chi connectivity index (χ1v) is 49.5. The number of amides is 2. The van der Waals surface area contributed by atoms with E-state index in [0.717, 1.165) is 218 Å². The van der Waals surface area contributed by atoms with Crippen LogP contribution < -0.4 is 63.4 Å². The van der Waals surface area contributed by atoms with Gasteiger partial charge in [-0.15, -0.1) is 0 Å². The third kappa shape index (κ3) is 25.6. The summed E-state index contributed by atoms with van der Waals surface area (Å²) < 4.78 is 66.4. The lowest BCUT2D eigenvalue weighted by Gasteiger charge is -2.30. The lowest BCUT2D eigenvalue weighted by Crippen LogP contribution is -2.37. The lowest BCUT2D eigenvalue weighted by atomic mass is 10.1. The van der Waals surface area contributed by atoms with Gasteiger partial charge in [-0.25, -0.2) is 29.0 Å². The number of aromatic nitrogens is 16. The number of nitrogens with zero attached hydrogens (tertiary/aromatic N) is 20. The molecule has 0 aliphatic carbocycles. The van der Waals surface area contributed by atoms with E-state index in [-0.39, 0.29) is 42.3 Å². The molecule has 1 unspecified atom stereocenters. The van der Waals surface area contributed by atoms with Gasteiger partial charge in [0.1, 0.15) is 63.5 Å². The van der Waals surface area contributed by atoms with Crippen molar-refractivity contribution in [3.8, 4) is 85.3 Å². The van der Waals surface area contributed by atoms with Crippen LogP contribution in [0.3, 0.4) is 0 Å². The molecule has 10 heterocycles. The maximum atomic E-state index is 14.6. The molecule has 0 radical (unpaired) electrons. The van der Waals surface area contributed by atoms with Gasteiger partial charge in [0.25, 0.3) is 11.8 Å². The monoisotopic (exact) mass is 1990 g/mol.